The summed E-state index contributed by atoms with van der Waals surface area (Å²) in [7, 11) is 0. The Balaban J connectivity index is 2.25. The summed E-state index contributed by atoms with van der Waals surface area (Å²) >= 11 is 6.95. The van der Waals surface area contributed by atoms with Crippen molar-refractivity contribution in [2.45, 2.75) is 18.2 Å². The quantitative estimate of drug-likeness (QED) is 0.618. The maximum Gasteiger partial charge on any atom is 0.137 e. The van der Waals surface area contributed by atoms with Crippen LogP contribution >= 0.6 is 31.9 Å². The van der Waals surface area contributed by atoms with E-state index in [-0.39, 0.29) is 10.6 Å². The third-order valence-electron chi connectivity index (χ3n) is 2.98. The Kier molecular flexibility index (Phi) is 4.57. The van der Waals surface area contributed by atoms with Gasteiger partial charge in [0.15, 0.2) is 0 Å². The van der Waals surface area contributed by atoms with Crippen LogP contribution in [0.1, 0.15) is 21.5 Å². The first-order chi connectivity index (χ1) is 8.59. The molecule has 94 valence electrons. The van der Waals surface area contributed by atoms with Crippen LogP contribution in [0.2, 0.25) is 0 Å². The van der Waals surface area contributed by atoms with Gasteiger partial charge in [-0.15, -0.1) is 0 Å². The molecule has 0 radical (unpaired) electrons. The van der Waals surface area contributed by atoms with Crippen LogP contribution in [-0.4, -0.2) is 0 Å². The lowest BCUT2D eigenvalue weighted by atomic mass is 10.0. The molecule has 2 aromatic carbocycles. The van der Waals surface area contributed by atoms with Crippen molar-refractivity contribution < 1.29 is 4.39 Å². The molecule has 0 aliphatic carbocycles. The molecule has 0 aliphatic heterocycles. The second-order valence-corrected chi connectivity index (χ2v) is 6.14. The molecular weight excluding hydrogens is 359 g/mol. The molecule has 0 saturated heterocycles. The summed E-state index contributed by atoms with van der Waals surface area (Å²) in [4.78, 5) is 0.101. The van der Waals surface area contributed by atoms with Crippen molar-refractivity contribution in [3.8, 4) is 0 Å². The lowest BCUT2D eigenvalue weighted by Gasteiger charge is -2.14. The molecular formula is C15H13Br2F. The third-order valence-corrected chi connectivity index (χ3v) is 4.63. The number of rotatable bonds is 3. The van der Waals surface area contributed by atoms with Crippen LogP contribution in [0.25, 0.3) is 0 Å². The molecule has 0 aromatic heterocycles. The van der Waals surface area contributed by atoms with Gasteiger partial charge >= 0.3 is 0 Å². The van der Waals surface area contributed by atoms with E-state index >= 15 is 0 Å². The first-order valence-electron chi connectivity index (χ1n) is 5.72. The molecule has 0 spiro atoms. The second-order valence-electron chi connectivity index (χ2n) is 4.24. The summed E-state index contributed by atoms with van der Waals surface area (Å²) in [6.07, 6.45) is 0.842. The zero-order valence-electron chi connectivity index (χ0n) is 9.96. The second kappa shape index (κ2) is 5.98. The van der Waals surface area contributed by atoms with E-state index in [0.717, 1.165) is 12.0 Å². The van der Waals surface area contributed by atoms with Crippen molar-refractivity contribution in [3.63, 3.8) is 0 Å². The van der Waals surface area contributed by atoms with Gasteiger partial charge < -0.3 is 0 Å². The van der Waals surface area contributed by atoms with Crippen LogP contribution in [0.15, 0.2) is 46.9 Å². The molecule has 1 unspecified atom stereocenters. The SMILES string of the molecule is Cc1ccccc1CC(Br)c1cccc(F)c1Br. The van der Waals surface area contributed by atoms with Crippen molar-refractivity contribution in [1.82, 2.24) is 0 Å². The van der Waals surface area contributed by atoms with Gasteiger partial charge in [0.25, 0.3) is 0 Å². The van der Waals surface area contributed by atoms with Gasteiger partial charge in [0.05, 0.1) is 4.47 Å². The van der Waals surface area contributed by atoms with Crippen LogP contribution in [0.5, 0.6) is 0 Å². The van der Waals surface area contributed by atoms with Gasteiger partial charge in [-0.25, -0.2) is 4.39 Å². The first-order valence-corrected chi connectivity index (χ1v) is 7.43. The van der Waals surface area contributed by atoms with Crippen LogP contribution < -0.4 is 0 Å². The number of hydrogen-bond acceptors (Lipinski definition) is 0. The van der Waals surface area contributed by atoms with Gasteiger partial charge in [0.1, 0.15) is 5.82 Å². The van der Waals surface area contributed by atoms with Crippen LogP contribution in [0.4, 0.5) is 4.39 Å². The molecule has 0 fully saturated rings. The minimum atomic E-state index is -0.221. The zero-order chi connectivity index (χ0) is 13.1. The van der Waals surface area contributed by atoms with Gasteiger partial charge in [-0.2, -0.15) is 0 Å². The summed E-state index contributed by atoms with van der Waals surface area (Å²) in [6.45, 7) is 2.09. The van der Waals surface area contributed by atoms with Gasteiger partial charge in [-0.05, 0) is 52.0 Å². The molecule has 0 aliphatic rings. The van der Waals surface area contributed by atoms with Crippen LogP contribution in [-0.2, 0) is 6.42 Å². The summed E-state index contributed by atoms with van der Waals surface area (Å²) in [5.41, 5.74) is 3.48. The summed E-state index contributed by atoms with van der Waals surface area (Å²) in [6, 6.07) is 13.4. The molecule has 0 saturated carbocycles. The number of benzene rings is 2. The largest absolute Gasteiger partial charge is 0.206 e. The topological polar surface area (TPSA) is 0 Å². The maximum absolute atomic E-state index is 13.5. The van der Waals surface area contributed by atoms with E-state index < -0.39 is 0 Å². The van der Waals surface area contributed by atoms with E-state index in [4.69, 9.17) is 0 Å². The van der Waals surface area contributed by atoms with Crippen molar-refractivity contribution in [1.29, 1.82) is 0 Å². The van der Waals surface area contributed by atoms with E-state index in [1.165, 1.54) is 17.2 Å². The summed E-state index contributed by atoms with van der Waals surface area (Å²) < 4.78 is 14.0. The monoisotopic (exact) mass is 370 g/mol. The first kappa shape index (κ1) is 13.8. The van der Waals surface area contributed by atoms with E-state index in [9.17, 15) is 4.39 Å². The van der Waals surface area contributed by atoms with Crippen molar-refractivity contribution in [2.24, 2.45) is 0 Å². The Morgan fingerprint density at radius 2 is 1.83 bits per heavy atom. The molecule has 0 amide bonds. The molecule has 0 N–H and O–H groups in total. The Morgan fingerprint density at radius 1 is 1.11 bits per heavy atom. The van der Waals surface area contributed by atoms with Gasteiger partial charge in [-0.1, -0.05) is 52.3 Å². The van der Waals surface area contributed by atoms with Crippen molar-refractivity contribution in [2.75, 3.05) is 0 Å². The van der Waals surface area contributed by atoms with E-state index in [1.54, 1.807) is 6.07 Å². The molecule has 0 heterocycles. The molecule has 2 aromatic rings. The smallest absolute Gasteiger partial charge is 0.137 e. The number of hydrogen-bond donors (Lipinski definition) is 0. The lowest BCUT2D eigenvalue weighted by Crippen LogP contribution is -1.99. The Labute approximate surface area is 123 Å². The normalized spacial score (nSPS) is 12.4. The predicted molar refractivity (Wildman–Crippen MR) is 80.7 cm³/mol. The highest BCUT2D eigenvalue weighted by Crippen LogP contribution is 2.34. The molecule has 1 atom stereocenters. The van der Waals surface area contributed by atoms with Crippen molar-refractivity contribution >= 4 is 31.9 Å². The van der Waals surface area contributed by atoms with Crippen LogP contribution in [0.3, 0.4) is 0 Å². The molecule has 0 bridgehead atoms. The molecule has 2 rings (SSSR count). The summed E-state index contributed by atoms with van der Waals surface area (Å²) in [5.74, 6) is -0.221. The Bertz CT molecular complexity index is 552. The Morgan fingerprint density at radius 3 is 2.56 bits per heavy atom. The van der Waals surface area contributed by atoms with Gasteiger partial charge in [0, 0.05) is 4.83 Å². The maximum atomic E-state index is 13.5. The predicted octanol–water partition coefficient (Wildman–Crippen LogP) is 5.58. The van der Waals surface area contributed by atoms with E-state index in [2.05, 4.69) is 50.9 Å². The fourth-order valence-electron chi connectivity index (χ4n) is 1.90. The van der Waals surface area contributed by atoms with Gasteiger partial charge in [0.2, 0.25) is 0 Å². The highest BCUT2D eigenvalue weighted by atomic mass is 79.9. The fourth-order valence-corrected chi connectivity index (χ4v) is 3.48. The summed E-state index contributed by atoms with van der Waals surface area (Å²) in [5, 5.41) is 0. The highest BCUT2D eigenvalue weighted by Gasteiger charge is 2.15. The molecule has 0 nitrogen and oxygen atoms in total. The molecule has 3 heteroatoms. The average Bonchev–Trinajstić information content (AvgIpc) is 2.35. The van der Waals surface area contributed by atoms with Gasteiger partial charge in [-0.3, -0.25) is 0 Å². The minimum absolute atomic E-state index is 0.101. The van der Waals surface area contributed by atoms with Crippen molar-refractivity contribution in [3.05, 3.63) is 69.4 Å². The van der Waals surface area contributed by atoms with E-state index in [1.807, 2.05) is 18.2 Å². The highest BCUT2D eigenvalue weighted by molar-refractivity contribution is 9.11. The minimum Gasteiger partial charge on any atom is -0.206 e. The number of halogens is 3. The zero-order valence-corrected chi connectivity index (χ0v) is 13.1. The number of alkyl halides is 1. The van der Waals surface area contributed by atoms with Crippen LogP contribution in [0, 0.1) is 12.7 Å². The fraction of sp³-hybridized carbons (Fsp3) is 0.200. The third kappa shape index (κ3) is 3.01. The lowest BCUT2D eigenvalue weighted by molar-refractivity contribution is 0.617. The number of aryl methyl sites for hydroxylation is 1. The molecule has 18 heavy (non-hydrogen) atoms. The average molecular weight is 372 g/mol. The Hall–Kier alpha value is -0.670. The van der Waals surface area contributed by atoms with E-state index in [0.29, 0.717) is 4.47 Å². The standard InChI is InChI=1S/C15H13Br2F/c1-10-5-2-3-6-11(10)9-13(16)12-7-4-8-14(18)15(12)17/h2-8,13H,9H2,1H3.